The number of hydrogen-bond acceptors (Lipinski definition) is 4. The molecule has 0 aromatic heterocycles. The van der Waals surface area contributed by atoms with E-state index >= 15 is 0 Å². The Morgan fingerprint density at radius 1 is 0.554 bits per heavy atom. The first kappa shape index (κ1) is 46.1. The van der Waals surface area contributed by atoms with Crippen molar-refractivity contribution in [2.75, 3.05) is 7.11 Å². The monoisotopic (exact) mass is 908 g/mol. The average molecular weight is 911 g/mol. The summed E-state index contributed by atoms with van der Waals surface area (Å²) in [6.45, 7) is 10.9. The van der Waals surface area contributed by atoms with Crippen molar-refractivity contribution in [3.63, 3.8) is 0 Å². The van der Waals surface area contributed by atoms with E-state index in [1.54, 1.807) is 19.2 Å². The summed E-state index contributed by atoms with van der Waals surface area (Å²) in [5.74, 6) is 2.16. The van der Waals surface area contributed by atoms with Gasteiger partial charge in [0.15, 0.2) is 0 Å². The van der Waals surface area contributed by atoms with E-state index < -0.39 is 9.84 Å². The summed E-state index contributed by atoms with van der Waals surface area (Å²) >= 11 is 7.89. The minimum absolute atomic E-state index is 0.0426. The van der Waals surface area contributed by atoms with Gasteiger partial charge < -0.3 is 9.47 Å². The zero-order chi connectivity index (χ0) is 40.6. The highest BCUT2D eigenvalue weighted by molar-refractivity contribution is 9.09. The van der Waals surface area contributed by atoms with Gasteiger partial charge in [-0.3, -0.25) is 0 Å². The van der Waals surface area contributed by atoms with Crippen molar-refractivity contribution in [2.45, 2.75) is 162 Å². The fraction of sp³-hybridized carbons (Fsp3) is 0.510. The first-order chi connectivity index (χ1) is 26.9. The molecule has 0 aliphatic heterocycles. The molecule has 4 rings (SSSR count). The van der Waals surface area contributed by atoms with Crippen LogP contribution in [0.2, 0.25) is 0 Å². The molecule has 0 spiro atoms. The molecule has 2 atom stereocenters. The zero-order valence-electron chi connectivity index (χ0n) is 34.8. The average Bonchev–Trinajstić information content (AvgIpc) is 3.20. The second-order valence-corrected chi connectivity index (χ2v) is 20.1. The van der Waals surface area contributed by atoms with Crippen LogP contribution in [0.25, 0.3) is 0 Å². The predicted octanol–water partition coefficient (Wildman–Crippen LogP) is 16.1. The normalized spacial score (nSPS) is 13.1. The van der Waals surface area contributed by atoms with Crippen LogP contribution in [0.5, 0.6) is 17.2 Å². The van der Waals surface area contributed by atoms with E-state index in [9.17, 15) is 8.42 Å². The lowest BCUT2D eigenvalue weighted by atomic mass is 9.78. The van der Waals surface area contributed by atoms with Crippen molar-refractivity contribution in [3.05, 3.63) is 113 Å². The van der Waals surface area contributed by atoms with Gasteiger partial charge in [0.2, 0.25) is 9.84 Å². The van der Waals surface area contributed by atoms with Crippen LogP contribution >= 0.6 is 31.9 Å². The van der Waals surface area contributed by atoms with Gasteiger partial charge in [0.25, 0.3) is 0 Å². The Hall–Kier alpha value is -2.61. The van der Waals surface area contributed by atoms with E-state index in [0.29, 0.717) is 21.3 Å². The maximum absolute atomic E-state index is 14.8. The van der Waals surface area contributed by atoms with E-state index in [4.69, 9.17) is 9.47 Å². The third-order valence-corrected chi connectivity index (χ3v) is 14.9. The molecule has 4 nitrogen and oxygen atoms in total. The van der Waals surface area contributed by atoms with Crippen molar-refractivity contribution in [2.24, 2.45) is 0 Å². The van der Waals surface area contributed by atoms with Gasteiger partial charge in [0, 0.05) is 15.1 Å². The van der Waals surface area contributed by atoms with Crippen LogP contribution in [0.3, 0.4) is 0 Å². The van der Waals surface area contributed by atoms with Gasteiger partial charge >= 0.3 is 0 Å². The van der Waals surface area contributed by atoms with Gasteiger partial charge in [-0.05, 0) is 90.6 Å². The molecule has 0 N–H and O–H groups in total. The molecule has 0 saturated carbocycles. The number of sulfone groups is 1. The number of benzene rings is 4. The molecule has 4 aromatic rings. The van der Waals surface area contributed by atoms with Crippen LogP contribution < -0.4 is 9.47 Å². The van der Waals surface area contributed by atoms with E-state index in [1.807, 2.05) is 49.4 Å². The molecule has 56 heavy (non-hydrogen) atoms. The molecule has 0 aliphatic rings. The summed E-state index contributed by atoms with van der Waals surface area (Å²) in [6.07, 6.45) is 18.7. The summed E-state index contributed by atoms with van der Waals surface area (Å²) in [5.41, 5.74) is 4.79. The molecule has 0 heterocycles. The van der Waals surface area contributed by atoms with E-state index in [1.165, 1.54) is 81.8 Å². The third-order valence-electron chi connectivity index (χ3n) is 11.1. The second kappa shape index (κ2) is 23.1. The van der Waals surface area contributed by atoms with Gasteiger partial charge in [-0.25, -0.2) is 8.42 Å². The Labute approximate surface area is 356 Å². The first-order valence-electron chi connectivity index (χ1n) is 21.1. The Morgan fingerprint density at radius 3 is 1.45 bits per heavy atom. The number of alkyl halides is 2. The van der Waals surface area contributed by atoms with Gasteiger partial charge in [-0.15, -0.1) is 0 Å². The molecule has 2 unspecified atom stereocenters. The number of halogens is 2. The summed E-state index contributed by atoms with van der Waals surface area (Å²) in [4.78, 5) is 0.542. The summed E-state index contributed by atoms with van der Waals surface area (Å²) in [5, 5.41) is 0. The van der Waals surface area contributed by atoms with Gasteiger partial charge in [-0.1, -0.05) is 191 Å². The molecule has 0 amide bonds. The SMILES string of the molecule is CCCCCCCCCC(Br)c1cc(C)ccc1S(=O)(=O)c1ccc(Oc2ccc(C(C)(C)c3ccc(OC)cc3)cc2)cc1C(Br)CCCCCCCCC. The van der Waals surface area contributed by atoms with E-state index in [0.717, 1.165) is 54.5 Å². The van der Waals surface area contributed by atoms with Crippen molar-refractivity contribution >= 4 is 41.7 Å². The third kappa shape index (κ3) is 13.2. The van der Waals surface area contributed by atoms with Crippen LogP contribution in [0.1, 0.15) is 168 Å². The number of hydrogen-bond donors (Lipinski definition) is 0. The molecule has 0 radical (unpaired) electrons. The highest BCUT2D eigenvalue weighted by Crippen LogP contribution is 2.42. The van der Waals surface area contributed by atoms with Crippen LogP contribution in [0.4, 0.5) is 0 Å². The van der Waals surface area contributed by atoms with Crippen molar-refractivity contribution in [3.8, 4) is 17.2 Å². The smallest absolute Gasteiger partial charge is 0.207 e. The standard InChI is InChI=1S/C49H66Br2O4S/c1-7-9-11-13-15-17-19-21-45(50)43-35-37(3)23-33-47(43)56(52,53)48-34-32-42(36-44(48)46(51)22-20-18-16-14-12-10-8-2)55-41-30-26-39(27-31-41)49(4,5)38-24-28-40(54-6)29-25-38/h23-36,45-46H,7-22H2,1-6H3. The van der Waals surface area contributed by atoms with Crippen LogP contribution in [0.15, 0.2) is 94.7 Å². The lowest BCUT2D eigenvalue weighted by molar-refractivity contribution is 0.414. The minimum Gasteiger partial charge on any atom is -0.497 e. The van der Waals surface area contributed by atoms with E-state index in [-0.39, 0.29) is 15.1 Å². The van der Waals surface area contributed by atoms with Crippen LogP contribution in [0, 0.1) is 6.92 Å². The number of unbranched alkanes of at least 4 members (excludes halogenated alkanes) is 12. The Balaban J connectivity index is 1.60. The first-order valence-corrected chi connectivity index (χ1v) is 24.4. The van der Waals surface area contributed by atoms with Crippen LogP contribution in [-0.4, -0.2) is 15.5 Å². The van der Waals surface area contributed by atoms with Crippen molar-refractivity contribution in [1.82, 2.24) is 0 Å². The number of rotatable bonds is 25. The molecule has 0 fully saturated rings. The highest BCUT2D eigenvalue weighted by atomic mass is 79.9. The summed E-state index contributed by atoms with van der Waals surface area (Å²) < 4.78 is 41.4. The summed E-state index contributed by atoms with van der Waals surface area (Å²) in [7, 11) is -2.18. The summed E-state index contributed by atoms with van der Waals surface area (Å²) in [6, 6.07) is 27.7. The minimum atomic E-state index is -3.86. The molecule has 7 heteroatoms. The number of ether oxygens (including phenoxy) is 2. The topological polar surface area (TPSA) is 52.6 Å². The predicted molar refractivity (Wildman–Crippen MR) is 243 cm³/mol. The molecule has 4 aromatic carbocycles. The van der Waals surface area contributed by atoms with Gasteiger partial charge in [0.05, 0.1) is 16.9 Å². The zero-order valence-corrected chi connectivity index (χ0v) is 38.8. The second-order valence-electron chi connectivity index (χ2n) is 16.0. The largest absolute Gasteiger partial charge is 0.497 e. The molecular weight excluding hydrogens is 844 g/mol. The Morgan fingerprint density at radius 2 is 0.964 bits per heavy atom. The molecule has 306 valence electrons. The lowest BCUT2D eigenvalue weighted by Crippen LogP contribution is -2.18. The quantitative estimate of drug-likeness (QED) is 0.0491. The Kier molecular flexibility index (Phi) is 19.0. The van der Waals surface area contributed by atoms with Crippen LogP contribution in [-0.2, 0) is 15.3 Å². The number of methoxy groups -OCH3 is 1. The Bertz CT molecular complexity index is 1870. The maximum Gasteiger partial charge on any atom is 0.207 e. The van der Waals surface area contributed by atoms with Crippen molar-refractivity contribution in [1.29, 1.82) is 0 Å². The maximum atomic E-state index is 14.8. The molecule has 0 aliphatic carbocycles. The fourth-order valence-electron chi connectivity index (χ4n) is 7.48. The van der Waals surface area contributed by atoms with Gasteiger partial charge in [0.1, 0.15) is 17.2 Å². The van der Waals surface area contributed by atoms with E-state index in [2.05, 4.69) is 89.9 Å². The molecule has 0 saturated heterocycles. The molecule has 0 bridgehead atoms. The fourth-order valence-corrected chi connectivity index (χ4v) is 10.9. The molecular formula is C49H66Br2O4S. The van der Waals surface area contributed by atoms with Gasteiger partial charge in [-0.2, -0.15) is 0 Å². The number of aryl methyl sites for hydroxylation is 1. The lowest BCUT2D eigenvalue weighted by Gasteiger charge is -2.26. The van der Waals surface area contributed by atoms with Crippen molar-refractivity contribution < 1.29 is 17.9 Å². The highest BCUT2D eigenvalue weighted by Gasteiger charge is 2.29.